The zero-order valence-electron chi connectivity index (χ0n) is 16.8. The molecule has 11 heteroatoms. The van der Waals surface area contributed by atoms with Crippen LogP contribution in [0.15, 0.2) is 65.5 Å². The molecule has 33 heavy (non-hydrogen) atoms. The first kappa shape index (κ1) is 23.6. The highest BCUT2D eigenvalue weighted by Gasteiger charge is 2.39. The van der Waals surface area contributed by atoms with E-state index in [2.05, 4.69) is 5.10 Å². The molecule has 0 radical (unpaired) electrons. The van der Waals surface area contributed by atoms with Crippen LogP contribution in [0.3, 0.4) is 0 Å². The first-order chi connectivity index (χ1) is 15.6. The fourth-order valence-electron chi connectivity index (χ4n) is 3.21. The molecule has 1 N–H and O–H groups in total. The lowest BCUT2D eigenvalue weighted by Gasteiger charge is -2.15. The number of alkyl halides is 3. The van der Waals surface area contributed by atoms with Crippen molar-refractivity contribution in [3.63, 3.8) is 0 Å². The molecule has 172 valence electrons. The minimum absolute atomic E-state index is 0.00264. The lowest BCUT2D eigenvalue weighted by atomic mass is 10.2. The molecule has 0 spiro atoms. The van der Waals surface area contributed by atoms with Gasteiger partial charge in [0.1, 0.15) is 0 Å². The van der Waals surface area contributed by atoms with Crippen molar-refractivity contribution < 1.29 is 18.3 Å². The number of halogens is 5. The molecule has 0 aliphatic carbocycles. The average Bonchev–Trinajstić information content (AvgIpc) is 3.34. The predicted molar refractivity (Wildman–Crippen MR) is 123 cm³/mol. The molecule has 0 saturated heterocycles. The lowest BCUT2D eigenvalue weighted by molar-refractivity contribution is -0.207. The Hall–Kier alpha value is -2.59. The van der Waals surface area contributed by atoms with Crippen molar-refractivity contribution in [3.8, 4) is 21.8 Å². The zero-order valence-corrected chi connectivity index (χ0v) is 19.1. The topological polar surface area (TPSA) is 60.0 Å². The Morgan fingerprint density at radius 1 is 1.03 bits per heavy atom. The number of aliphatic hydroxyl groups excluding tert-OH is 1. The molecular formula is C22H16Cl2F3N3O2S. The molecule has 4 rings (SSSR count). The van der Waals surface area contributed by atoms with Crippen LogP contribution in [0, 0.1) is 0 Å². The number of benzene rings is 2. The van der Waals surface area contributed by atoms with Gasteiger partial charge in [0.2, 0.25) is 0 Å². The van der Waals surface area contributed by atoms with Gasteiger partial charge in [-0.15, -0.1) is 16.4 Å². The molecule has 4 aromatic rings. The fraction of sp³-hybridized carbons (Fsp3) is 0.182. The van der Waals surface area contributed by atoms with Crippen LogP contribution in [0.4, 0.5) is 13.2 Å². The van der Waals surface area contributed by atoms with Gasteiger partial charge >= 0.3 is 11.9 Å². The van der Waals surface area contributed by atoms with E-state index >= 15 is 0 Å². The van der Waals surface area contributed by atoms with Gasteiger partial charge in [-0.25, -0.2) is 9.48 Å². The van der Waals surface area contributed by atoms with E-state index in [9.17, 15) is 23.1 Å². The van der Waals surface area contributed by atoms with Gasteiger partial charge in [-0.2, -0.15) is 13.2 Å². The van der Waals surface area contributed by atoms with Crippen molar-refractivity contribution in [2.24, 2.45) is 0 Å². The number of aromatic nitrogens is 3. The van der Waals surface area contributed by atoms with Crippen molar-refractivity contribution in [2.45, 2.75) is 25.4 Å². The molecule has 0 fully saturated rings. The summed E-state index contributed by atoms with van der Waals surface area (Å²) in [4.78, 5) is 14.6. The number of hydrogen-bond acceptors (Lipinski definition) is 4. The first-order valence-electron chi connectivity index (χ1n) is 9.65. The smallest absolute Gasteiger partial charge is 0.382 e. The largest absolute Gasteiger partial charge is 0.416 e. The van der Waals surface area contributed by atoms with E-state index in [4.69, 9.17) is 23.2 Å². The van der Waals surface area contributed by atoms with Crippen molar-refractivity contribution in [3.05, 3.63) is 86.1 Å². The normalized spacial score (nSPS) is 12.8. The van der Waals surface area contributed by atoms with Crippen molar-refractivity contribution >= 4 is 34.5 Å². The molecule has 5 nitrogen and oxygen atoms in total. The van der Waals surface area contributed by atoms with Crippen LogP contribution in [0.5, 0.6) is 0 Å². The third kappa shape index (κ3) is 5.16. The van der Waals surface area contributed by atoms with Gasteiger partial charge in [-0.1, -0.05) is 41.4 Å². The van der Waals surface area contributed by atoms with Gasteiger partial charge in [-0.05, 0) is 42.5 Å². The first-order valence-corrected chi connectivity index (χ1v) is 11.2. The Kier molecular flexibility index (Phi) is 6.67. The predicted octanol–water partition coefficient (Wildman–Crippen LogP) is 5.72. The summed E-state index contributed by atoms with van der Waals surface area (Å²) in [6.07, 6.45) is -7.59. The zero-order chi connectivity index (χ0) is 23.8. The second-order valence-corrected chi connectivity index (χ2v) is 9.20. The average molecular weight is 514 g/mol. The minimum atomic E-state index is -4.88. The van der Waals surface area contributed by atoms with Crippen LogP contribution < -0.4 is 5.69 Å². The minimum Gasteiger partial charge on any atom is -0.382 e. The quantitative estimate of drug-likeness (QED) is 0.358. The van der Waals surface area contributed by atoms with E-state index in [1.54, 1.807) is 36.4 Å². The van der Waals surface area contributed by atoms with E-state index in [1.165, 1.54) is 11.3 Å². The van der Waals surface area contributed by atoms with Crippen molar-refractivity contribution in [1.29, 1.82) is 0 Å². The summed E-state index contributed by atoms with van der Waals surface area (Å²) in [6, 6.07) is 17.2. The summed E-state index contributed by atoms with van der Waals surface area (Å²) >= 11 is 13.5. The Morgan fingerprint density at radius 3 is 2.39 bits per heavy atom. The number of hydrogen-bond donors (Lipinski definition) is 1. The number of rotatable bonds is 6. The molecule has 0 saturated carbocycles. The number of nitrogens with zero attached hydrogens (tertiary/aromatic N) is 3. The van der Waals surface area contributed by atoms with Crippen LogP contribution in [-0.2, 0) is 13.1 Å². The van der Waals surface area contributed by atoms with Gasteiger partial charge in [0, 0.05) is 30.9 Å². The monoisotopic (exact) mass is 513 g/mol. The van der Waals surface area contributed by atoms with Gasteiger partial charge in [0.05, 0.1) is 13.1 Å². The van der Waals surface area contributed by atoms with Crippen LogP contribution in [0.2, 0.25) is 10.0 Å². The summed E-state index contributed by atoms with van der Waals surface area (Å²) in [7, 11) is 0. The summed E-state index contributed by atoms with van der Waals surface area (Å²) in [5.74, 6) is 0.00264. The third-order valence-corrected chi connectivity index (χ3v) is 6.55. The van der Waals surface area contributed by atoms with Crippen molar-refractivity contribution in [2.75, 3.05) is 0 Å². The molecule has 0 aliphatic heterocycles. The molecule has 0 aliphatic rings. The Morgan fingerprint density at radius 2 is 1.73 bits per heavy atom. The molecular weight excluding hydrogens is 498 g/mol. The van der Waals surface area contributed by atoms with E-state index < -0.39 is 24.5 Å². The van der Waals surface area contributed by atoms with E-state index in [0.717, 1.165) is 24.6 Å². The van der Waals surface area contributed by atoms with Crippen LogP contribution in [0.1, 0.15) is 4.88 Å². The molecule has 2 aromatic carbocycles. The molecule has 2 heterocycles. The molecule has 2 aromatic heterocycles. The standard InChI is InChI=1S/C22H16Cl2F3N3O2S/c23-14-7-5-13(6-8-14)20-28-30(21(32)29(20)12-19(31)22(25,26)27)11-15-9-10-18(33-15)16-3-1-2-4-17(16)24/h1-10,19,31H,11-12H2/t19-/m0/s1. The highest BCUT2D eigenvalue weighted by Crippen LogP contribution is 2.33. The molecule has 0 bridgehead atoms. The summed E-state index contributed by atoms with van der Waals surface area (Å²) < 4.78 is 40.9. The number of aliphatic hydroxyl groups is 1. The molecule has 0 amide bonds. The van der Waals surface area contributed by atoms with E-state index in [0.29, 0.717) is 15.6 Å². The molecule has 0 unspecified atom stereocenters. The summed E-state index contributed by atoms with van der Waals surface area (Å²) in [6.45, 7) is -0.931. The highest BCUT2D eigenvalue weighted by molar-refractivity contribution is 7.15. The van der Waals surface area contributed by atoms with Crippen molar-refractivity contribution in [1.82, 2.24) is 14.3 Å². The Bertz CT molecular complexity index is 1330. The number of thiophene rings is 1. The molecule has 1 atom stereocenters. The maximum atomic E-state index is 13.0. The highest BCUT2D eigenvalue weighted by atomic mass is 35.5. The second-order valence-electron chi connectivity index (χ2n) is 7.18. The van der Waals surface area contributed by atoms with Gasteiger partial charge in [0.25, 0.3) is 0 Å². The SMILES string of the molecule is O=c1n(Cc2ccc(-c3ccccc3Cl)s2)nc(-c2ccc(Cl)cc2)n1C[C@H](O)C(F)(F)F. The van der Waals surface area contributed by atoms with E-state index in [-0.39, 0.29) is 12.4 Å². The fourth-order valence-corrected chi connectivity index (χ4v) is 4.66. The lowest BCUT2D eigenvalue weighted by Crippen LogP contribution is -2.37. The van der Waals surface area contributed by atoms with Crippen LogP contribution in [-0.4, -0.2) is 31.7 Å². The van der Waals surface area contributed by atoms with Gasteiger partial charge < -0.3 is 5.11 Å². The van der Waals surface area contributed by atoms with Crippen LogP contribution in [0.25, 0.3) is 21.8 Å². The van der Waals surface area contributed by atoms with Gasteiger partial charge in [0.15, 0.2) is 11.9 Å². The Labute approximate surface area is 200 Å². The van der Waals surface area contributed by atoms with Crippen LogP contribution >= 0.6 is 34.5 Å². The van der Waals surface area contributed by atoms with E-state index in [1.807, 2.05) is 24.3 Å². The maximum absolute atomic E-state index is 13.0. The second kappa shape index (κ2) is 9.34. The maximum Gasteiger partial charge on any atom is 0.416 e. The summed E-state index contributed by atoms with van der Waals surface area (Å²) in [5, 5.41) is 14.9. The Balaban J connectivity index is 1.71. The summed E-state index contributed by atoms with van der Waals surface area (Å²) in [5.41, 5.74) is 0.465. The van der Waals surface area contributed by atoms with Gasteiger partial charge in [-0.3, -0.25) is 4.57 Å². The third-order valence-electron chi connectivity index (χ3n) is 4.87.